The molecule has 1 fully saturated rings. The lowest BCUT2D eigenvalue weighted by Crippen LogP contribution is -2.55. The molecule has 0 saturated carbocycles. The fourth-order valence-corrected chi connectivity index (χ4v) is 1.55. The van der Waals surface area contributed by atoms with E-state index in [1.807, 2.05) is 0 Å². The molecule has 0 atom stereocenters. The van der Waals surface area contributed by atoms with Crippen LogP contribution in [-0.2, 0) is 0 Å². The van der Waals surface area contributed by atoms with E-state index >= 15 is 0 Å². The Hall–Kier alpha value is -0.0800. The summed E-state index contributed by atoms with van der Waals surface area (Å²) in [6.07, 6.45) is 5.47. The van der Waals surface area contributed by atoms with Gasteiger partial charge in [0.05, 0.1) is 0 Å². The van der Waals surface area contributed by atoms with E-state index in [0.717, 1.165) is 13.1 Å². The van der Waals surface area contributed by atoms with Gasteiger partial charge >= 0.3 is 0 Å². The Labute approximate surface area is 69.8 Å². The maximum atomic E-state index is 5.66. The third-order valence-electron chi connectivity index (χ3n) is 2.31. The van der Waals surface area contributed by atoms with Crippen molar-refractivity contribution < 1.29 is 0 Å². The first-order chi connectivity index (χ1) is 5.33. The highest BCUT2D eigenvalue weighted by Crippen LogP contribution is 2.07. The van der Waals surface area contributed by atoms with E-state index in [2.05, 4.69) is 11.8 Å². The molecule has 11 heavy (non-hydrogen) atoms. The first-order valence-corrected chi connectivity index (χ1v) is 4.81. The molecule has 1 rings (SSSR count). The second-order valence-electron chi connectivity index (χ2n) is 3.58. The molecule has 1 aliphatic heterocycles. The maximum absolute atomic E-state index is 5.66. The van der Waals surface area contributed by atoms with E-state index in [4.69, 9.17) is 5.73 Å². The molecule has 66 valence electrons. The number of likely N-dealkylation sites (tertiary alicyclic amines) is 1. The number of hydrogen-bond acceptors (Lipinski definition) is 2. The van der Waals surface area contributed by atoms with Crippen LogP contribution < -0.4 is 5.73 Å². The molecule has 1 heterocycles. The number of rotatable bonds is 5. The van der Waals surface area contributed by atoms with Crippen LogP contribution in [-0.4, -0.2) is 30.6 Å². The van der Waals surface area contributed by atoms with Crippen LogP contribution in [0.3, 0.4) is 0 Å². The van der Waals surface area contributed by atoms with Gasteiger partial charge in [0.25, 0.3) is 0 Å². The van der Waals surface area contributed by atoms with Gasteiger partial charge in [-0.1, -0.05) is 26.2 Å². The fourth-order valence-electron chi connectivity index (χ4n) is 1.55. The largest absolute Gasteiger partial charge is 0.325 e. The molecule has 0 aromatic heterocycles. The van der Waals surface area contributed by atoms with E-state index < -0.39 is 0 Å². The number of hydrogen-bond donors (Lipinski definition) is 1. The maximum Gasteiger partial charge on any atom is 0.0297 e. The number of nitrogens with zero attached hydrogens (tertiary/aromatic N) is 1. The highest BCUT2D eigenvalue weighted by molar-refractivity contribution is 4.81. The molecule has 0 spiro atoms. The molecule has 2 N–H and O–H groups in total. The molecule has 0 unspecified atom stereocenters. The lowest BCUT2D eigenvalue weighted by Gasteiger charge is -2.36. The van der Waals surface area contributed by atoms with Crippen LogP contribution in [0.4, 0.5) is 0 Å². The molecule has 0 aromatic carbocycles. The van der Waals surface area contributed by atoms with Gasteiger partial charge in [0.2, 0.25) is 0 Å². The molecule has 2 heteroatoms. The average Bonchev–Trinajstić information content (AvgIpc) is 1.94. The summed E-state index contributed by atoms with van der Waals surface area (Å²) in [5.74, 6) is 0. The van der Waals surface area contributed by atoms with Crippen LogP contribution in [0.1, 0.15) is 32.6 Å². The van der Waals surface area contributed by atoms with Crippen LogP contribution in [0.15, 0.2) is 0 Å². The van der Waals surface area contributed by atoms with E-state index in [1.165, 1.54) is 32.2 Å². The van der Waals surface area contributed by atoms with Crippen molar-refractivity contribution in [3.63, 3.8) is 0 Å². The zero-order valence-electron chi connectivity index (χ0n) is 7.55. The topological polar surface area (TPSA) is 29.3 Å². The van der Waals surface area contributed by atoms with E-state index in [-0.39, 0.29) is 0 Å². The average molecular weight is 156 g/mol. The summed E-state index contributed by atoms with van der Waals surface area (Å²) in [7, 11) is 0. The lowest BCUT2D eigenvalue weighted by molar-refractivity contribution is 0.148. The van der Waals surface area contributed by atoms with Crippen molar-refractivity contribution in [2.45, 2.75) is 38.6 Å². The summed E-state index contributed by atoms with van der Waals surface area (Å²) in [6, 6.07) is 0.473. The first-order valence-electron chi connectivity index (χ1n) is 4.81. The predicted molar refractivity (Wildman–Crippen MR) is 48.6 cm³/mol. The normalized spacial score (nSPS) is 20.2. The van der Waals surface area contributed by atoms with Gasteiger partial charge in [-0.3, -0.25) is 0 Å². The van der Waals surface area contributed by atoms with E-state index in [0.29, 0.717) is 6.04 Å². The Morgan fingerprint density at radius 3 is 2.55 bits per heavy atom. The minimum atomic E-state index is 0.473. The second kappa shape index (κ2) is 4.73. The predicted octanol–water partition coefficient (Wildman–Crippen LogP) is 1.21. The van der Waals surface area contributed by atoms with Crippen LogP contribution in [0.25, 0.3) is 0 Å². The molecule has 0 radical (unpaired) electrons. The van der Waals surface area contributed by atoms with Gasteiger partial charge in [-0.05, 0) is 13.0 Å². The highest BCUT2D eigenvalue weighted by Gasteiger charge is 2.21. The summed E-state index contributed by atoms with van der Waals surface area (Å²) >= 11 is 0. The summed E-state index contributed by atoms with van der Waals surface area (Å²) in [5, 5.41) is 0. The molecule has 1 saturated heterocycles. The van der Waals surface area contributed by atoms with Gasteiger partial charge in [0, 0.05) is 19.1 Å². The molecular formula is C9H20N2. The van der Waals surface area contributed by atoms with Crippen molar-refractivity contribution >= 4 is 0 Å². The van der Waals surface area contributed by atoms with Gasteiger partial charge in [-0.2, -0.15) is 0 Å². The monoisotopic (exact) mass is 156 g/mol. The van der Waals surface area contributed by atoms with Gasteiger partial charge < -0.3 is 10.6 Å². The molecule has 0 bridgehead atoms. The van der Waals surface area contributed by atoms with Gasteiger partial charge in [-0.25, -0.2) is 0 Å². The Bertz CT molecular complexity index is 97.7. The molecule has 0 amide bonds. The first kappa shape index (κ1) is 9.01. The Morgan fingerprint density at radius 2 is 2.00 bits per heavy atom. The van der Waals surface area contributed by atoms with Crippen molar-refractivity contribution in [2.24, 2.45) is 5.73 Å². The molecule has 0 aliphatic carbocycles. The quantitative estimate of drug-likeness (QED) is 0.606. The van der Waals surface area contributed by atoms with Crippen LogP contribution in [0.5, 0.6) is 0 Å². The summed E-state index contributed by atoms with van der Waals surface area (Å²) in [5.41, 5.74) is 5.66. The summed E-state index contributed by atoms with van der Waals surface area (Å²) in [6.45, 7) is 5.78. The Kier molecular flexibility index (Phi) is 3.87. The minimum Gasteiger partial charge on any atom is -0.325 e. The van der Waals surface area contributed by atoms with Crippen LogP contribution in [0.2, 0.25) is 0 Å². The molecule has 2 nitrogen and oxygen atoms in total. The zero-order valence-corrected chi connectivity index (χ0v) is 7.55. The lowest BCUT2D eigenvalue weighted by atomic mass is 10.1. The molecular weight excluding hydrogens is 136 g/mol. The molecule has 0 aromatic rings. The molecule has 1 aliphatic rings. The number of unbranched alkanes of at least 4 members (excludes halogenated alkanes) is 3. The van der Waals surface area contributed by atoms with E-state index in [1.54, 1.807) is 0 Å². The van der Waals surface area contributed by atoms with Crippen LogP contribution in [0, 0.1) is 0 Å². The van der Waals surface area contributed by atoms with Gasteiger partial charge in [0.1, 0.15) is 0 Å². The Morgan fingerprint density at radius 1 is 1.27 bits per heavy atom. The summed E-state index contributed by atoms with van der Waals surface area (Å²) in [4.78, 5) is 2.44. The van der Waals surface area contributed by atoms with Crippen molar-refractivity contribution in [1.82, 2.24) is 4.90 Å². The van der Waals surface area contributed by atoms with Crippen LogP contribution >= 0.6 is 0 Å². The highest BCUT2D eigenvalue weighted by atomic mass is 15.2. The Balaban J connectivity index is 1.81. The third-order valence-corrected chi connectivity index (χ3v) is 2.31. The smallest absolute Gasteiger partial charge is 0.0297 e. The van der Waals surface area contributed by atoms with Crippen molar-refractivity contribution in [3.05, 3.63) is 0 Å². The zero-order chi connectivity index (χ0) is 8.10. The minimum absolute atomic E-state index is 0.473. The number of nitrogens with two attached hydrogens (primary N) is 1. The van der Waals surface area contributed by atoms with E-state index in [9.17, 15) is 0 Å². The fraction of sp³-hybridized carbons (Fsp3) is 1.00. The van der Waals surface area contributed by atoms with Crippen molar-refractivity contribution in [2.75, 3.05) is 19.6 Å². The standard InChI is InChI=1S/C9H20N2/c1-2-3-4-5-6-11-7-9(10)8-11/h9H,2-8,10H2,1H3. The summed E-state index contributed by atoms with van der Waals surface area (Å²) < 4.78 is 0. The van der Waals surface area contributed by atoms with Gasteiger partial charge in [0.15, 0.2) is 0 Å². The third kappa shape index (κ3) is 3.21. The van der Waals surface area contributed by atoms with Crippen molar-refractivity contribution in [3.8, 4) is 0 Å². The second-order valence-corrected chi connectivity index (χ2v) is 3.58. The SMILES string of the molecule is CCCCCCN1CC(N)C1. The van der Waals surface area contributed by atoms with Crippen molar-refractivity contribution in [1.29, 1.82) is 0 Å². The van der Waals surface area contributed by atoms with Gasteiger partial charge in [-0.15, -0.1) is 0 Å².